The molecule has 1 aromatic carbocycles. The molecule has 0 aliphatic carbocycles. The van der Waals surface area contributed by atoms with Crippen LogP contribution in [0.4, 0.5) is 5.69 Å². The summed E-state index contributed by atoms with van der Waals surface area (Å²) in [7, 11) is 0. The van der Waals surface area contributed by atoms with Gasteiger partial charge in [-0.15, -0.1) is 0 Å². The van der Waals surface area contributed by atoms with Crippen LogP contribution in [0.3, 0.4) is 0 Å². The molecule has 1 aliphatic heterocycles. The summed E-state index contributed by atoms with van der Waals surface area (Å²) >= 11 is 0. The minimum Gasteiger partial charge on any atom is -0.479 e. The van der Waals surface area contributed by atoms with Crippen LogP contribution in [0.25, 0.3) is 0 Å². The van der Waals surface area contributed by atoms with Crippen molar-refractivity contribution in [3.05, 3.63) is 24.3 Å². The maximum Gasteiger partial charge on any atom is 0.242 e. The first-order valence-corrected chi connectivity index (χ1v) is 7.17. The zero-order chi connectivity index (χ0) is 15.3. The van der Waals surface area contributed by atoms with E-state index in [1.165, 1.54) is 0 Å². The molecule has 5 heteroatoms. The van der Waals surface area contributed by atoms with E-state index in [4.69, 9.17) is 10.00 Å². The van der Waals surface area contributed by atoms with E-state index >= 15 is 0 Å². The third-order valence-electron chi connectivity index (χ3n) is 3.82. The molecule has 5 nitrogen and oxygen atoms in total. The smallest absolute Gasteiger partial charge is 0.242 e. The van der Waals surface area contributed by atoms with Gasteiger partial charge in [-0.25, -0.2) is 0 Å². The van der Waals surface area contributed by atoms with Crippen molar-refractivity contribution in [3.8, 4) is 11.8 Å². The van der Waals surface area contributed by atoms with E-state index in [9.17, 15) is 4.79 Å². The molecule has 2 N–H and O–H groups in total. The highest BCUT2D eigenvalue weighted by atomic mass is 16.5. The monoisotopic (exact) mass is 287 g/mol. The molecule has 0 aromatic heterocycles. The van der Waals surface area contributed by atoms with E-state index in [0.717, 1.165) is 25.1 Å². The highest BCUT2D eigenvalue weighted by Crippen LogP contribution is 2.30. The topological polar surface area (TPSA) is 74.2 Å². The van der Waals surface area contributed by atoms with Gasteiger partial charge in [-0.3, -0.25) is 4.79 Å². The van der Waals surface area contributed by atoms with E-state index in [0.29, 0.717) is 5.75 Å². The van der Waals surface area contributed by atoms with E-state index in [1.807, 2.05) is 6.07 Å². The quantitative estimate of drug-likeness (QED) is 0.891. The number of anilines is 1. The van der Waals surface area contributed by atoms with Gasteiger partial charge in [-0.2, -0.15) is 5.26 Å². The largest absolute Gasteiger partial charge is 0.479 e. The fourth-order valence-corrected chi connectivity index (χ4v) is 2.62. The van der Waals surface area contributed by atoms with Crippen molar-refractivity contribution >= 4 is 11.6 Å². The Hall–Kier alpha value is -2.06. The first-order chi connectivity index (χ1) is 10.0. The lowest BCUT2D eigenvalue weighted by Crippen LogP contribution is -2.53. The summed E-state index contributed by atoms with van der Waals surface area (Å²) in [4.78, 5) is 12.4. The van der Waals surface area contributed by atoms with Crippen LogP contribution in [0.1, 0.15) is 26.7 Å². The number of hydrogen-bond donors (Lipinski definition) is 2. The van der Waals surface area contributed by atoms with Crippen molar-refractivity contribution in [3.63, 3.8) is 0 Å². The number of carbonyl (C=O) groups is 1. The van der Waals surface area contributed by atoms with Gasteiger partial charge >= 0.3 is 0 Å². The van der Waals surface area contributed by atoms with Crippen LogP contribution in [0, 0.1) is 16.7 Å². The Morgan fingerprint density at radius 1 is 1.48 bits per heavy atom. The molecular formula is C16H21N3O2. The first-order valence-electron chi connectivity index (χ1n) is 7.17. The lowest BCUT2D eigenvalue weighted by molar-refractivity contribution is -0.121. The molecule has 2 rings (SSSR count). The number of hydrogen-bond acceptors (Lipinski definition) is 4. The van der Waals surface area contributed by atoms with Crippen molar-refractivity contribution in [1.82, 2.24) is 5.32 Å². The third kappa shape index (κ3) is 3.96. The first kappa shape index (κ1) is 15.3. The molecule has 0 saturated carbocycles. The van der Waals surface area contributed by atoms with Gasteiger partial charge in [-0.1, -0.05) is 13.8 Å². The molecule has 1 fully saturated rings. The molecule has 1 amide bonds. The number of nitrogens with one attached hydrogen (secondary N) is 2. The SMILES string of the molecule is CC1(C)CCCNC1C(=O)Nc1ccc(OCC#N)cc1. The van der Waals surface area contributed by atoms with E-state index < -0.39 is 0 Å². The summed E-state index contributed by atoms with van der Waals surface area (Å²) < 4.78 is 5.18. The number of rotatable bonds is 4. The Bertz CT molecular complexity index is 531. The van der Waals surface area contributed by atoms with Gasteiger partial charge in [0.1, 0.15) is 11.8 Å². The predicted octanol–water partition coefficient (Wildman–Crippen LogP) is 2.31. The molecule has 1 saturated heterocycles. The summed E-state index contributed by atoms with van der Waals surface area (Å²) in [5.74, 6) is 0.607. The van der Waals surface area contributed by atoms with Crippen LogP contribution in [0.2, 0.25) is 0 Å². The van der Waals surface area contributed by atoms with Crippen LogP contribution in [-0.4, -0.2) is 25.1 Å². The van der Waals surface area contributed by atoms with Gasteiger partial charge in [0.15, 0.2) is 6.61 Å². The van der Waals surface area contributed by atoms with Gasteiger partial charge in [0.25, 0.3) is 0 Å². The second-order valence-electron chi connectivity index (χ2n) is 5.94. The number of nitriles is 1. The number of piperidine rings is 1. The highest BCUT2D eigenvalue weighted by Gasteiger charge is 2.36. The van der Waals surface area contributed by atoms with Crippen molar-refractivity contribution in [2.75, 3.05) is 18.5 Å². The third-order valence-corrected chi connectivity index (χ3v) is 3.82. The van der Waals surface area contributed by atoms with Crippen molar-refractivity contribution < 1.29 is 9.53 Å². The van der Waals surface area contributed by atoms with Crippen LogP contribution < -0.4 is 15.4 Å². The van der Waals surface area contributed by atoms with Crippen LogP contribution in [-0.2, 0) is 4.79 Å². The Balaban J connectivity index is 1.97. The molecule has 1 aliphatic rings. The van der Waals surface area contributed by atoms with Gasteiger partial charge in [0.2, 0.25) is 5.91 Å². The maximum absolute atomic E-state index is 12.4. The minimum absolute atomic E-state index is 0.00890. The van der Waals surface area contributed by atoms with Crippen molar-refractivity contribution in [2.24, 2.45) is 5.41 Å². The fraction of sp³-hybridized carbons (Fsp3) is 0.500. The summed E-state index contributed by atoms with van der Waals surface area (Å²) in [5, 5.41) is 14.7. The molecule has 0 spiro atoms. The standard InChI is InChI=1S/C16H21N3O2/c1-16(2)8-3-10-18-14(16)15(20)19-12-4-6-13(7-5-12)21-11-9-17/h4-7,14,18H,3,8,10-11H2,1-2H3,(H,19,20). The number of carbonyl (C=O) groups excluding carboxylic acids is 1. The Kier molecular flexibility index (Phi) is 4.81. The van der Waals surface area contributed by atoms with E-state index in [-0.39, 0.29) is 24.0 Å². The maximum atomic E-state index is 12.4. The molecule has 0 bridgehead atoms. The Labute approximate surface area is 125 Å². The lowest BCUT2D eigenvalue weighted by atomic mass is 9.77. The normalized spacial score (nSPS) is 20.3. The molecule has 1 atom stereocenters. The summed E-state index contributed by atoms with van der Waals surface area (Å²) in [5.41, 5.74) is 0.686. The summed E-state index contributed by atoms with van der Waals surface area (Å²) in [6.07, 6.45) is 2.14. The predicted molar refractivity (Wildman–Crippen MR) is 81.0 cm³/mol. The molecule has 21 heavy (non-hydrogen) atoms. The molecule has 1 heterocycles. The summed E-state index contributed by atoms with van der Waals surface area (Å²) in [6.45, 7) is 5.12. The molecule has 1 unspecified atom stereocenters. The number of benzene rings is 1. The lowest BCUT2D eigenvalue weighted by Gasteiger charge is -2.38. The minimum atomic E-state index is -0.180. The number of nitrogens with zero attached hydrogens (tertiary/aromatic N) is 1. The van der Waals surface area contributed by atoms with E-state index in [2.05, 4.69) is 24.5 Å². The molecule has 112 valence electrons. The molecule has 1 aromatic rings. The zero-order valence-corrected chi connectivity index (χ0v) is 12.5. The highest BCUT2D eigenvalue weighted by molar-refractivity contribution is 5.95. The van der Waals surface area contributed by atoms with Crippen LogP contribution in [0.15, 0.2) is 24.3 Å². The zero-order valence-electron chi connectivity index (χ0n) is 12.5. The Morgan fingerprint density at radius 2 is 2.19 bits per heavy atom. The average molecular weight is 287 g/mol. The fourth-order valence-electron chi connectivity index (χ4n) is 2.62. The molecular weight excluding hydrogens is 266 g/mol. The molecule has 0 radical (unpaired) electrons. The van der Waals surface area contributed by atoms with E-state index in [1.54, 1.807) is 24.3 Å². The van der Waals surface area contributed by atoms with Gasteiger partial charge in [0.05, 0.1) is 6.04 Å². The summed E-state index contributed by atoms with van der Waals surface area (Å²) in [6, 6.07) is 8.78. The van der Waals surface area contributed by atoms with Crippen LogP contribution >= 0.6 is 0 Å². The second-order valence-corrected chi connectivity index (χ2v) is 5.94. The van der Waals surface area contributed by atoms with Gasteiger partial charge in [0, 0.05) is 5.69 Å². The van der Waals surface area contributed by atoms with Crippen molar-refractivity contribution in [2.45, 2.75) is 32.7 Å². The van der Waals surface area contributed by atoms with Gasteiger partial charge < -0.3 is 15.4 Å². The Morgan fingerprint density at radius 3 is 2.81 bits per heavy atom. The number of amides is 1. The average Bonchev–Trinajstić information content (AvgIpc) is 2.46. The van der Waals surface area contributed by atoms with Crippen LogP contribution in [0.5, 0.6) is 5.75 Å². The number of ether oxygens (including phenoxy) is 1. The van der Waals surface area contributed by atoms with Crippen molar-refractivity contribution in [1.29, 1.82) is 5.26 Å². The van der Waals surface area contributed by atoms with Gasteiger partial charge in [-0.05, 0) is 49.1 Å². The second kappa shape index (κ2) is 6.59.